The van der Waals surface area contributed by atoms with Gasteiger partial charge in [-0.25, -0.2) is 0 Å². The van der Waals surface area contributed by atoms with Crippen molar-refractivity contribution in [1.82, 2.24) is 0 Å². The van der Waals surface area contributed by atoms with E-state index in [4.69, 9.17) is 5.73 Å². The first-order chi connectivity index (χ1) is 9.16. The summed E-state index contributed by atoms with van der Waals surface area (Å²) >= 11 is 0. The Kier molecular flexibility index (Phi) is 4.00. The number of rotatable bonds is 2. The summed E-state index contributed by atoms with van der Waals surface area (Å²) in [5.74, 6) is -0.0962. The summed E-state index contributed by atoms with van der Waals surface area (Å²) in [5, 5.41) is 0. The van der Waals surface area contributed by atoms with E-state index in [2.05, 4.69) is 18.6 Å². The van der Waals surface area contributed by atoms with Gasteiger partial charge >= 0.3 is 6.36 Å². The second-order valence-corrected chi connectivity index (χ2v) is 6.30. The fourth-order valence-corrected chi connectivity index (χ4v) is 2.91. The summed E-state index contributed by atoms with van der Waals surface area (Å²) in [4.78, 5) is 0. The minimum absolute atomic E-state index is 0.0100. The molecule has 2 unspecified atom stereocenters. The molecule has 1 fully saturated rings. The van der Waals surface area contributed by atoms with E-state index in [1.54, 1.807) is 6.07 Å². The highest BCUT2D eigenvalue weighted by molar-refractivity contribution is 5.32. The fraction of sp³-hybridized carbons (Fsp3) is 0.600. The number of ether oxygens (including phenoxy) is 1. The van der Waals surface area contributed by atoms with Gasteiger partial charge in [-0.15, -0.1) is 13.2 Å². The fourth-order valence-electron chi connectivity index (χ4n) is 2.91. The second kappa shape index (κ2) is 5.28. The molecule has 2 nitrogen and oxygen atoms in total. The minimum Gasteiger partial charge on any atom is -0.406 e. The molecule has 0 radical (unpaired) electrons. The summed E-state index contributed by atoms with van der Waals surface area (Å²) < 4.78 is 40.8. The predicted octanol–water partition coefficient (Wildman–Crippen LogP) is 4.21. The van der Waals surface area contributed by atoms with Gasteiger partial charge in [-0.05, 0) is 48.3 Å². The third-order valence-corrected chi connectivity index (χ3v) is 3.96. The van der Waals surface area contributed by atoms with Crippen molar-refractivity contribution < 1.29 is 17.9 Å². The molecule has 0 bridgehead atoms. The molecule has 0 aromatic heterocycles. The number of benzene rings is 1. The Morgan fingerprint density at radius 3 is 2.65 bits per heavy atom. The Hall–Kier alpha value is -1.23. The van der Waals surface area contributed by atoms with Crippen molar-refractivity contribution in [3.8, 4) is 5.75 Å². The van der Waals surface area contributed by atoms with Gasteiger partial charge in [-0.3, -0.25) is 0 Å². The molecule has 1 aliphatic rings. The van der Waals surface area contributed by atoms with Crippen LogP contribution in [0.1, 0.15) is 44.6 Å². The molecular formula is C15H20F3NO. The van der Waals surface area contributed by atoms with Crippen molar-refractivity contribution in [3.05, 3.63) is 29.8 Å². The molecule has 1 aromatic carbocycles. The molecular weight excluding hydrogens is 267 g/mol. The summed E-state index contributed by atoms with van der Waals surface area (Å²) in [7, 11) is 0. The molecule has 1 aromatic rings. The van der Waals surface area contributed by atoms with Gasteiger partial charge in [0, 0.05) is 6.04 Å². The van der Waals surface area contributed by atoms with Gasteiger partial charge in [0.25, 0.3) is 0 Å². The summed E-state index contributed by atoms with van der Waals surface area (Å²) in [6.45, 7) is 4.34. The maximum atomic E-state index is 12.3. The van der Waals surface area contributed by atoms with Gasteiger partial charge in [-0.1, -0.05) is 26.0 Å². The Labute approximate surface area is 117 Å². The lowest BCUT2D eigenvalue weighted by Crippen LogP contribution is -2.37. The normalized spacial score (nSPS) is 26.3. The molecule has 0 spiro atoms. The van der Waals surface area contributed by atoms with Crippen LogP contribution in [-0.4, -0.2) is 12.4 Å². The molecule has 112 valence electrons. The zero-order valence-electron chi connectivity index (χ0n) is 11.7. The van der Waals surface area contributed by atoms with Crippen LogP contribution in [0.25, 0.3) is 0 Å². The van der Waals surface area contributed by atoms with Crippen LogP contribution < -0.4 is 10.5 Å². The lowest BCUT2D eigenvalue weighted by atomic mass is 9.68. The maximum Gasteiger partial charge on any atom is 0.573 e. The standard InChI is InChI=1S/C15H20F3NO/c1-14(2)7-6-13(19)12(9-14)10-4-3-5-11(8-10)20-15(16,17)18/h3-5,8,12-13H,6-7,9,19H2,1-2H3. The number of nitrogens with two attached hydrogens (primary N) is 1. The van der Waals surface area contributed by atoms with E-state index in [9.17, 15) is 13.2 Å². The van der Waals surface area contributed by atoms with E-state index in [1.807, 2.05) is 6.07 Å². The molecule has 5 heteroatoms. The van der Waals surface area contributed by atoms with Crippen LogP contribution >= 0.6 is 0 Å². The van der Waals surface area contributed by atoms with Crippen molar-refractivity contribution in [2.24, 2.45) is 11.1 Å². The van der Waals surface area contributed by atoms with Crippen LogP contribution in [0.2, 0.25) is 0 Å². The first kappa shape index (κ1) is 15.2. The monoisotopic (exact) mass is 287 g/mol. The third kappa shape index (κ3) is 3.88. The highest BCUT2D eigenvalue weighted by atomic mass is 19.4. The molecule has 20 heavy (non-hydrogen) atoms. The van der Waals surface area contributed by atoms with Crippen molar-refractivity contribution in [2.75, 3.05) is 0 Å². The SMILES string of the molecule is CC1(C)CCC(N)C(c2cccc(OC(F)(F)F)c2)C1. The molecule has 1 saturated carbocycles. The summed E-state index contributed by atoms with van der Waals surface area (Å²) in [6.07, 6.45) is -1.85. The van der Waals surface area contributed by atoms with Crippen molar-refractivity contribution in [3.63, 3.8) is 0 Å². The molecule has 1 aliphatic carbocycles. The molecule has 0 amide bonds. The van der Waals surface area contributed by atoms with Gasteiger partial charge in [0.05, 0.1) is 0 Å². The zero-order valence-corrected chi connectivity index (χ0v) is 11.7. The first-order valence-electron chi connectivity index (χ1n) is 6.78. The largest absolute Gasteiger partial charge is 0.573 e. The van der Waals surface area contributed by atoms with Gasteiger partial charge in [0.15, 0.2) is 0 Å². The average Bonchev–Trinajstić information content (AvgIpc) is 2.30. The van der Waals surface area contributed by atoms with Crippen LogP contribution in [-0.2, 0) is 0 Å². The summed E-state index contributed by atoms with van der Waals surface area (Å²) in [6, 6.07) is 6.18. The summed E-state index contributed by atoms with van der Waals surface area (Å²) in [5.41, 5.74) is 7.14. The Bertz CT molecular complexity index is 470. The third-order valence-electron chi connectivity index (χ3n) is 3.96. The van der Waals surface area contributed by atoms with E-state index in [0.29, 0.717) is 0 Å². The zero-order chi connectivity index (χ0) is 15.0. The Morgan fingerprint density at radius 1 is 1.30 bits per heavy atom. The molecule has 0 aliphatic heterocycles. The highest BCUT2D eigenvalue weighted by Crippen LogP contribution is 2.43. The number of alkyl halides is 3. The molecule has 2 rings (SSSR count). The first-order valence-corrected chi connectivity index (χ1v) is 6.78. The van der Waals surface area contributed by atoms with Gasteiger partial charge < -0.3 is 10.5 Å². The van der Waals surface area contributed by atoms with Gasteiger partial charge in [0.2, 0.25) is 0 Å². The van der Waals surface area contributed by atoms with Gasteiger partial charge in [-0.2, -0.15) is 0 Å². The maximum absolute atomic E-state index is 12.3. The van der Waals surface area contributed by atoms with E-state index in [-0.39, 0.29) is 23.1 Å². The molecule has 2 atom stereocenters. The molecule has 0 saturated heterocycles. The smallest absolute Gasteiger partial charge is 0.406 e. The highest BCUT2D eigenvalue weighted by Gasteiger charge is 2.35. The van der Waals surface area contributed by atoms with Crippen molar-refractivity contribution in [2.45, 2.75) is 51.4 Å². The van der Waals surface area contributed by atoms with Crippen LogP contribution in [0, 0.1) is 5.41 Å². The lowest BCUT2D eigenvalue weighted by molar-refractivity contribution is -0.274. The van der Waals surface area contributed by atoms with Gasteiger partial charge in [0.1, 0.15) is 5.75 Å². The number of hydrogen-bond acceptors (Lipinski definition) is 2. The molecule has 2 N–H and O–H groups in total. The Morgan fingerprint density at radius 2 is 2.00 bits per heavy atom. The number of halogens is 3. The van der Waals surface area contributed by atoms with Crippen molar-refractivity contribution in [1.29, 1.82) is 0 Å². The van der Waals surface area contributed by atoms with Crippen LogP contribution in [0.5, 0.6) is 5.75 Å². The van der Waals surface area contributed by atoms with E-state index in [0.717, 1.165) is 24.8 Å². The number of hydrogen-bond donors (Lipinski definition) is 1. The van der Waals surface area contributed by atoms with Crippen LogP contribution in [0.3, 0.4) is 0 Å². The van der Waals surface area contributed by atoms with Crippen LogP contribution in [0.4, 0.5) is 13.2 Å². The average molecular weight is 287 g/mol. The molecule has 0 heterocycles. The van der Waals surface area contributed by atoms with E-state index >= 15 is 0 Å². The van der Waals surface area contributed by atoms with E-state index in [1.165, 1.54) is 12.1 Å². The van der Waals surface area contributed by atoms with Crippen LogP contribution in [0.15, 0.2) is 24.3 Å². The quantitative estimate of drug-likeness (QED) is 0.884. The topological polar surface area (TPSA) is 35.2 Å². The Balaban J connectivity index is 2.21. The lowest BCUT2D eigenvalue weighted by Gasteiger charge is -2.39. The minimum atomic E-state index is -4.66. The van der Waals surface area contributed by atoms with Crippen molar-refractivity contribution >= 4 is 0 Å². The van der Waals surface area contributed by atoms with E-state index < -0.39 is 6.36 Å². The predicted molar refractivity (Wildman–Crippen MR) is 71.5 cm³/mol. The second-order valence-electron chi connectivity index (χ2n) is 6.30.